The van der Waals surface area contributed by atoms with Crippen LogP contribution in [0.15, 0.2) is 12.3 Å². The minimum Gasteiger partial charge on any atom is -0.473 e. The van der Waals surface area contributed by atoms with E-state index >= 15 is 0 Å². The molecule has 1 aromatic rings. The van der Waals surface area contributed by atoms with E-state index in [1.807, 2.05) is 12.3 Å². The zero-order valence-corrected chi connectivity index (χ0v) is 12.9. The number of nitrogens with one attached hydrogen (secondary N) is 1. The van der Waals surface area contributed by atoms with Gasteiger partial charge in [0.25, 0.3) is 0 Å². The molecule has 1 saturated heterocycles. The van der Waals surface area contributed by atoms with Gasteiger partial charge in [-0.25, -0.2) is 4.98 Å². The fourth-order valence-corrected chi connectivity index (χ4v) is 2.34. The fraction of sp³-hybridized carbons (Fsp3) is 0.667. The second kappa shape index (κ2) is 7.81. The number of hydrogen-bond acceptors (Lipinski definition) is 4. The van der Waals surface area contributed by atoms with Gasteiger partial charge in [0.05, 0.1) is 13.2 Å². The molecular weight excluding hydrogens is 276 g/mol. The molecule has 0 aliphatic carbocycles. The molecule has 2 rings (SSSR count). The van der Waals surface area contributed by atoms with Crippen LogP contribution < -0.4 is 10.1 Å². The van der Waals surface area contributed by atoms with E-state index in [4.69, 9.17) is 21.1 Å². The lowest BCUT2D eigenvalue weighted by Crippen LogP contribution is -2.26. The number of pyridine rings is 1. The lowest BCUT2D eigenvalue weighted by atomic mass is 10.1. The highest BCUT2D eigenvalue weighted by Gasteiger charge is 2.17. The summed E-state index contributed by atoms with van der Waals surface area (Å²) in [7, 11) is 0. The van der Waals surface area contributed by atoms with Crippen molar-refractivity contribution in [2.45, 2.75) is 39.3 Å². The predicted molar refractivity (Wildman–Crippen MR) is 80.3 cm³/mol. The maximum Gasteiger partial charge on any atom is 0.232 e. The highest BCUT2D eigenvalue weighted by Crippen LogP contribution is 2.25. The molecular formula is C15H23ClN2O2. The summed E-state index contributed by atoms with van der Waals surface area (Å²) in [6.07, 6.45) is 3.79. The average Bonchev–Trinajstić information content (AvgIpc) is 2.42. The van der Waals surface area contributed by atoms with E-state index in [1.54, 1.807) is 0 Å². The zero-order chi connectivity index (χ0) is 14.4. The average molecular weight is 299 g/mol. The summed E-state index contributed by atoms with van der Waals surface area (Å²) in [5.74, 6) is 1.17. The van der Waals surface area contributed by atoms with E-state index in [2.05, 4.69) is 24.1 Å². The lowest BCUT2D eigenvalue weighted by Gasteiger charge is -2.23. The molecule has 1 aliphatic heterocycles. The van der Waals surface area contributed by atoms with Crippen LogP contribution in [0.5, 0.6) is 5.88 Å². The number of halogens is 1. The standard InChI is InChI=1S/C15H23ClN2O2/c1-11(2)8-17-9-12-7-14(16)15(18-10-12)20-13-3-5-19-6-4-13/h7,10-11,13,17H,3-6,8-9H2,1-2H3. The van der Waals surface area contributed by atoms with Crippen LogP contribution in [-0.2, 0) is 11.3 Å². The third-order valence-electron chi connectivity index (χ3n) is 3.19. The fourth-order valence-electron chi connectivity index (χ4n) is 2.11. The monoisotopic (exact) mass is 298 g/mol. The Morgan fingerprint density at radius 1 is 1.45 bits per heavy atom. The van der Waals surface area contributed by atoms with E-state index in [9.17, 15) is 0 Å². The lowest BCUT2D eigenvalue weighted by molar-refractivity contribution is 0.0237. The van der Waals surface area contributed by atoms with E-state index < -0.39 is 0 Å². The van der Waals surface area contributed by atoms with Crippen molar-refractivity contribution >= 4 is 11.6 Å². The first-order valence-electron chi connectivity index (χ1n) is 7.24. The first-order chi connectivity index (χ1) is 9.65. The smallest absolute Gasteiger partial charge is 0.232 e. The molecule has 20 heavy (non-hydrogen) atoms. The molecule has 0 saturated carbocycles. The van der Waals surface area contributed by atoms with Gasteiger partial charge < -0.3 is 14.8 Å². The minimum absolute atomic E-state index is 0.165. The van der Waals surface area contributed by atoms with Gasteiger partial charge in [-0.1, -0.05) is 25.4 Å². The van der Waals surface area contributed by atoms with Gasteiger partial charge in [0.2, 0.25) is 5.88 Å². The van der Waals surface area contributed by atoms with Crippen LogP contribution in [0.3, 0.4) is 0 Å². The van der Waals surface area contributed by atoms with Crippen molar-refractivity contribution in [1.82, 2.24) is 10.3 Å². The highest BCUT2D eigenvalue weighted by molar-refractivity contribution is 6.31. The van der Waals surface area contributed by atoms with Crippen LogP contribution in [0, 0.1) is 5.92 Å². The van der Waals surface area contributed by atoms with E-state index in [0.29, 0.717) is 16.8 Å². The van der Waals surface area contributed by atoms with Crippen molar-refractivity contribution in [3.63, 3.8) is 0 Å². The highest BCUT2D eigenvalue weighted by atomic mass is 35.5. The van der Waals surface area contributed by atoms with Crippen molar-refractivity contribution in [3.8, 4) is 5.88 Å². The first kappa shape index (κ1) is 15.5. The van der Waals surface area contributed by atoms with Gasteiger partial charge in [0.1, 0.15) is 11.1 Å². The summed E-state index contributed by atoms with van der Waals surface area (Å²) in [6, 6.07) is 1.93. The van der Waals surface area contributed by atoms with Gasteiger partial charge in [0, 0.05) is 25.6 Å². The van der Waals surface area contributed by atoms with Crippen LogP contribution in [0.4, 0.5) is 0 Å². The van der Waals surface area contributed by atoms with Gasteiger partial charge in [-0.05, 0) is 24.1 Å². The Labute approximate surface area is 125 Å². The molecule has 1 aliphatic rings. The zero-order valence-electron chi connectivity index (χ0n) is 12.2. The number of hydrogen-bond donors (Lipinski definition) is 1. The summed E-state index contributed by atoms with van der Waals surface area (Å²) < 4.78 is 11.1. The van der Waals surface area contributed by atoms with Crippen molar-refractivity contribution in [3.05, 3.63) is 22.8 Å². The number of rotatable bonds is 6. The molecule has 0 spiro atoms. The molecule has 0 atom stereocenters. The maximum absolute atomic E-state index is 6.24. The number of aromatic nitrogens is 1. The van der Waals surface area contributed by atoms with Crippen LogP contribution in [0.25, 0.3) is 0 Å². The number of nitrogens with zero attached hydrogens (tertiary/aromatic N) is 1. The molecule has 1 N–H and O–H groups in total. The molecule has 0 radical (unpaired) electrons. The van der Waals surface area contributed by atoms with Gasteiger partial charge >= 0.3 is 0 Å². The predicted octanol–water partition coefficient (Wildman–Crippen LogP) is 3.04. The Morgan fingerprint density at radius 2 is 2.20 bits per heavy atom. The Kier molecular flexibility index (Phi) is 6.07. The SMILES string of the molecule is CC(C)CNCc1cnc(OC2CCOCC2)c(Cl)c1. The van der Waals surface area contributed by atoms with Crippen LogP contribution >= 0.6 is 11.6 Å². The quantitative estimate of drug-likeness (QED) is 0.876. The summed E-state index contributed by atoms with van der Waals surface area (Å²) in [6.45, 7) is 7.63. The molecule has 1 aromatic heterocycles. The van der Waals surface area contributed by atoms with Crippen molar-refractivity contribution in [2.24, 2.45) is 5.92 Å². The van der Waals surface area contributed by atoms with Crippen LogP contribution in [-0.4, -0.2) is 30.8 Å². The third kappa shape index (κ3) is 4.93. The Balaban J connectivity index is 1.88. The van der Waals surface area contributed by atoms with E-state index in [0.717, 1.165) is 44.7 Å². The Bertz CT molecular complexity index is 420. The molecule has 0 amide bonds. The molecule has 4 nitrogen and oxygen atoms in total. The number of ether oxygens (including phenoxy) is 2. The molecule has 112 valence electrons. The van der Waals surface area contributed by atoms with Gasteiger partial charge in [-0.2, -0.15) is 0 Å². The summed E-state index contributed by atoms with van der Waals surface area (Å²) in [4.78, 5) is 4.34. The van der Waals surface area contributed by atoms with Crippen molar-refractivity contribution in [1.29, 1.82) is 0 Å². The largest absolute Gasteiger partial charge is 0.473 e. The Hall–Kier alpha value is -0.840. The maximum atomic E-state index is 6.24. The second-order valence-electron chi connectivity index (χ2n) is 5.58. The molecule has 0 unspecified atom stereocenters. The molecule has 1 fully saturated rings. The van der Waals surface area contributed by atoms with Crippen LogP contribution in [0.1, 0.15) is 32.3 Å². The summed E-state index contributed by atoms with van der Waals surface area (Å²) in [5, 5.41) is 3.96. The second-order valence-corrected chi connectivity index (χ2v) is 5.99. The topological polar surface area (TPSA) is 43.4 Å². The van der Waals surface area contributed by atoms with Gasteiger partial charge in [-0.15, -0.1) is 0 Å². The van der Waals surface area contributed by atoms with E-state index in [-0.39, 0.29) is 6.10 Å². The van der Waals surface area contributed by atoms with Gasteiger partial charge in [-0.3, -0.25) is 0 Å². The molecule has 0 aromatic carbocycles. The summed E-state index contributed by atoms with van der Waals surface area (Å²) in [5.41, 5.74) is 1.08. The third-order valence-corrected chi connectivity index (χ3v) is 3.46. The molecule has 5 heteroatoms. The van der Waals surface area contributed by atoms with E-state index in [1.165, 1.54) is 0 Å². The summed E-state index contributed by atoms with van der Waals surface area (Å²) >= 11 is 6.24. The van der Waals surface area contributed by atoms with Crippen molar-refractivity contribution in [2.75, 3.05) is 19.8 Å². The Morgan fingerprint density at radius 3 is 2.85 bits per heavy atom. The van der Waals surface area contributed by atoms with Crippen molar-refractivity contribution < 1.29 is 9.47 Å². The minimum atomic E-state index is 0.165. The molecule has 2 heterocycles. The van der Waals surface area contributed by atoms with Gasteiger partial charge in [0.15, 0.2) is 0 Å². The first-order valence-corrected chi connectivity index (χ1v) is 7.62. The molecule has 0 bridgehead atoms. The van der Waals surface area contributed by atoms with Crippen LogP contribution in [0.2, 0.25) is 5.02 Å². The normalized spacial score (nSPS) is 16.6.